The van der Waals surface area contributed by atoms with Crippen molar-refractivity contribution in [2.45, 2.75) is 89.6 Å². The number of methoxy groups -OCH3 is 1. The van der Waals surface area contributed by atoms with Crippen molar-refractivity contribution in [3.05, 3.63) is 18.0 Å². The number of nitrogens with one attached hydrogen (secondary N) is 1. The SMILES string of the molecule is CCCC[C@H]1[C@H](C)OC(=O)[C@@H](NC(=O)c2nccc(OC)c2O)CCC[C@@H]1OCCCC(F)(F)F. The average molecular weight is 505 g/mol. The van der Waals surface area contributed by atoms with Crippen LogP contribution in [0.2, 0.25) is 0 Å². The number of ether oxygens (including phenoxy) is 3. The summed E-state index contributed by atoms with van der Waals surface area (Å²) in [6.45, 7) is 3.73. The molecular formula is C24H35F3N2O6. The first kappa shape index (κ1) is 28.7. The lowest BCUT2D eigenvalue weighted by Crippen LogP contribution is -2.43. The Morgan fingerprint density at radius 3 is 2.71 bits per heavy atom. The number of alkyl halides is 3. The van der Waals surface area contributed by atoms with Crippen LogP contribution in [0.4, 0.5) is 13.2 Å². The van der Waals surface area contributed by atoms with Crippen LogP contribution < -0.4 is 10.1 Å². The molecule has 0 aromatic carbocycles. The standard InChI is InChI=1S/C24H35F3N2O6/c1-4-5-8-16-15(2)35-23(32)17(9-6-10-18(16)34-14-7-12-24(25,26)27)29-22(31)20-21(30)19(33-3)11-13-28-20/h11,13,15-18,30H,4-10,12,14H2,1-3H3,(H,29,31)/t15-,16-,17-,18-/m0/s1. The molecule has 0 aliphatic carbocycles. The molecule has 2 rings (SSSR count). The van der Waals surface area contributed by atoms with E-state index in [2.05, 4.69) is 10.3 Å². The van der Waals surface area contributed by atoms with Gasteiger partial charge >= 0.3 is 12.1 Å². The molecule has 1 aromatic rings. The van der Waals surface area contributed by atoms with E-state index in [4.69, 9.17) is 14.2 Å². The Bertz CT molecular complexity index is 836. The number of hydrogen-bond acceptors (Lipinski definition) is 7. The monoisotopic (exact) mass is 504 g/mol. The van der Waals surface area contributed by atoms with Gasteiger partial charge in [0, 0.05) is 31.2 Å². The molecule has 4 atom stereocenters. The van der Waals surface area contributed by atoms with Gasteiger partial charge in [-0.2, -0.15) is 13.2 Å². The van der Waals surface area contributed by atoms with E-state index in [9.17, 15) is 27.9 Å². The normalized spacial score (nSPS) is 23.5. The van der Waals surface area contributed by atoms with Crippen LogP contribution >= 0.6 is 0 Å². The second-order valence-electron chi connectivity index (χ2n) is 8.74. The van der Waals surface area contributed by atoms with Gasteiger partial charge in [0.1, 0.15) is 12.1 Å². The summed E-state index contributed by atoms with van der Waals surface area (Å²) in [5.41, 5.74) is -0.281. The molecular weight excluding hydrogens is 469 g/mol. The van der Waals surface area contributed by atoms with Crippen LogP contribution in [0, 0.1) is 5.92 Å². The summed E-state index contributed by atoms with van der Waals surface area (Å²) < 4.78 is 54.1. The number of carbonyl (C=O) groups is 2. The number of aromatic nitrogens is 1. The van der Waals surface area contributed by atoms with E-state index in [-0.39, 0.29) is 42.9 Å². The molecule has 35 heavy (non-hydrogen) atoms. The van der Waals surface area contributed by atoms with Crippen molar-refractivity contribution < 1.29 is 42.1 Å². The number of rotatable bonds is 10. The molecule has 2 heterocycles. The van der Waals surface area contributed by atoms with E-state index in [1.165, 1.54) is 19.4 Å². The second-order valence-corrected chi connectivity index (χ2v) is 8.74. The third kappa shape index (κ3) is 8.87. The summed E-state index contributed by atoms with van der Waals surface area (Å²) >= 11 is 0. The molecule has 8 nitrogen and oxygen atoms in total. The van der Waals surface area contributed by atoms with Crippen molar-refractivity contribution in [1.82, 2.24) is 10.3 Å². The number of cyclic esters (lactones) is 1. The highest BCUT2D eigenvalue weighted by Crippen LogP contribution is 2.30. The number of hydrogen-bond donors (Lipinski definition) is 2. The smallest absolute Gasteiger partial charge is 0.389 e. The van der Waals surface area contributed by atoms with Crippen molar-refractivity contribution in [2.24, 2.45) is 5.92 Å². The van der Waals surface area contributed by atoms with Crippen LogP contribution in [0.3, 0.4) is 0 Å². The van der Waals surface area contributed by atoms with Gasteiger partial charge in [-0.25, -0.2) is 9.78 Å². The van der Waals surface area contributed by atoms with Crippen LogP contribution in [0.25, 0.3) is 0 Å². The summed E-state index contributed by atoms with van der Waals surface area (Å²) in [6.07, 6.45) is -1.19. The lowest BCUT2D eigenvalue weighted by Gasteiger charge is -2.31. The zero-order valence-corrected chi connectivity index (χ0v) is 20.4. The molecule has 0 unspecified atom stereocenters. The van der Waals surface area contributed by atoms with E-state index in [0.29, 0.717) is 19.3 Å². The Hall–Kier alpha value is -2.56. The Morgan fingerprint density at radius 1 is 1.31 bits per heavy atom. The van der Waals surface area contributed by atoms with E-state index < -0.39 is 42.4 Å². The molecule has 1 aliphatic heterocycles. The number of pyridine rings is 1. The first-order valence-electron chi connectivity index (χ1n) is 12.0. The molecule has 1 amide bonds. The van der Waals surface area contributed by atoms with Crippen LogP contribution in [0.1, 0.15) is 75.7 Å². The van der Waals surface area contributed by atoms with Gasteiger partial charge in [0.2, 0.25) is 0 Å². The summed E-state index contributed by atoms with van der Waals surface area (Å²) in [5, 5.41) is 12.8. The third-order valence-corrected chi connectivity index (χ3v) is 6.10. The highest BCUT2D eigenvalue weighted by Gasteiger charge is 2.35. The van der Waals surface area contributed by atoms with Gasteiger partial charge in [-0.1, -0.05) is 19.8 Å². The minimum atomic E-state index is -4.23. The summed E-state index contributed by atoms with van der Waals surface area (Å²) in [4.78, 5) is 29.5. The first-order chi connectivity index (χ1) is 16.6. The second kappa shape index (κ2) is 13.5. The summed E-state index contributed by atoms with van der Waals surface area (Å²) in [6, 6.07) is 0.418. The Morgan fingerprint density at radius 2 is 2.06 bits per heavy atom. The third-order valence-electron chi connectivity index (χ3n) is 6.10. The number of halogens is 3. The number of amides is 1. The fourth-order valence-electron chi connectivity index (χ4n) is 4.21. The zero-order chi connectivity index (χ0) is 26.0. The highest BCUT2D eigenvalue weighted by atomic mass is 19.4. The lowest BCUT2D eigenvalue weighted by molar-refractivity contribution is -0.157. The van der Waals surface area contributed by atoms with Crippen molar-refractivity contribution >= 4 is 11.9 Å². The number of esters is 1. The molecule has 2 N–H and O–H groups in total. The lowest BCUT2D eigenvalue weighted by atomic mass is 9.88. The number of carbonyl (C=O) groups excluding carboxylic acids is 2. The Kier molecular flexibility index (Phi) is 11.1. The molecule has 198 valence electrons. The maximum absolute atomic E-state index is 12.9. The molecule has 0 saturated carbocycles. The van der Waals surface area contributed by atoms with E-state index in [1.54, 1.807) is 6.92 Å². The molecule has 1 aliphatic rings. The fraction of sp³-hybridized carbons (Fsp3) is 0.708. The van der Waals surface area contributed by atoms with Crippen molar-refractivity contribution in [1.29, 1.82) is 0 Å². The van der Waals surface area contributed by atoms with Crippen LogP contribution in [0.15, 0.2) is 12.3 Å². The van der Waals surface area contributed by atoms with E-state index in [1.807, 2.05) is 6.92 Å². The summed E-state index contributed by atoms with van der Waals surface area (Å²) in [7, 11) is 1.34. The molecule has 0 spiro atoms. The Balaban J connectivity index is 2.11. The minimum Gasteiger partial charge on any atom is -0.503 e. The van der Waals surface area contributed by atoms with E-state index in [0.717, 1.165) is 12.8 Å². The zero-order valence-electron chi connectivity index (χ0n) is 20.4. The predicted octanol–water partition coefficient (Wildman–Crippen LogP) is 4.54. The molecule has 1 fully saturated rings. The fourth-order valence-corrected chi connectivity index (χ4v) is 4.21. The average Bonchev–Trinajstić information content (AvgIpc) is 2.84. The van der Waals surface area contributed by atoms with Gasteiger partial charge in [0.25, 0.3) is 5.91 Å². The molecule has 0 bridgehead atoms. The van der Waals surface area contributed by atoms with Crippen molar-refractivity contribution in [3.8, 4) is 11.5 Å². The highest BCUT2D eigenvalue weighted by molar-refractivity contribution is 5.97. The summed E-state index contributed by atoms with van der Waals surface area (Å²) in [5.74, 6) is -1.92. The van der Waals surface area contributed by atoms with Crippen LogP contribution in [0.5, 0.6) is 11.5 Å². The van der Waals surface area contributed by atoms with Gasteiger partial charge in [-0.15, -0.1) is 0 Å². The predicted molar refractivity (Wildman–Crippen MR) is 121 cm³/mol. The quantitative estimate of drug-likeness (QED) is 0.356. The molecule has 1 saturated heterocycles. The largest absolute Gasteiger partial charge is 0.503 e. The first-order valence-corrected chi connectivity index (χ1v) is 12.0. The van der Waals surface area contributed by atoms with Crippen molar-refractivity contribution in [2.75, 3.05) is 13.7 Å². The molecule has 11 heteroatoms. The van der Waals surface area contributed by atoms with E-state index >= 15 is 0 Å². The van der Waals surface area contributed by atoms with Crippen molar-refractivity contribution in [3.63, 3.8) is 0 Å². The topological polar surface area (TPSA) is 107 Å². The van der Waals surface area contributed by atoms with Gasteiger partial charge in [-0.05, 0) is 39.0 Å². The maximum Gasteiger partial charge on any atom is 0.389 e. The molecule has 0 radical (unpaired) electrons. The van der Waals surface area contributed by atoms with Gasteiger partial charge in [0.05, 0.1) is 13.2 Å². The number of nitrogens with zero attached hydrogens (tertiary/aromatic N) is 1. The van der Waals surface area contributed by atoms with Gasteiger partial charge in [-0.3, -0.25) is 4.79 Å². The van der Waals surface area contributed by atoms with Gasteiger partial charge < -0.3 is 24.6 Å². The minimum absolute atomic E-state index is 0.0333. The molecule has 1 aromatic heterocycles. The van der Waals surface area contributed by atoms with Crippen LogP contribution in [-0.4, -0.2) is 60.1 Å². The van der Waals surface area contributed by atoms with Crippen LogP contribution in [-0.2, 0) is 14.3 Å². The number of aromatic hydroxyl groups is 1. The number of unbranched alkanes of at least 4 members (excludes halogenated alkanes) is 1. The van der Waals surface area contributed by atoms with Gasteiger partial charge in [0.15, 0.2) is 17.2 Å². The maximum atomic E-state index is 12.9. The Labute approximate surface area is 203 Å².